The summed E-state index contributed by atoms with van der Waals surface area (Å²) in [6.45, 7) is 6.70. The smallest absolute Gasteiger partial charge is 0.261 e. The van der Waals surface area contributed by atoms with Crippen LogP contribution < -0.4 is 14.8 Å². The van der Waals surface area contributed by atoms with E-state index in [0.717, 1.165) is 0 Å². The number of ether oxygens (including phenoxy) is 2. The van der Waals surface area contributed by atoms with E-state index >= 15 is 0 Å². The molecule has 0 aliphatic rings. The third kappa shape index (κ3) is 4.81. The first-order valence-electron chi connectivity index (χ1n) is 6.65. The Bertz CT molecular complexity index is 404. The molecule has 0 aromatic heterocycles. The van der Waals surface area contributed by atoms with Crippen LogP contribution in [0.3, 0.4) is 0 Å². The van der Waals surface area contributed by atoms with Crippen LogP contribution in [0.25, 0.3) is 0 Å². The van der Waals surface area contributed by atoms with Gasteiger partial charge in [-0.2, -0.15) is 0 Å². The largest absolute Gasteiger partial charge is 0.493 e. The zero-order valence-corrected chi connectivity index (χ0v) is 12.1. The van der Waals surface area contributed by atoms with Crippen LogP contribution in [0.15, 0.2) is 24.3 Å². The fraction of sp³-hybridized carbons (Fsp3) is 0.533. The lowest BCUT2D eigenvalue weighted by molar-refractivity contribution is -0.128. The van der Waals surface area contributed by atoms with Crippen LogP contribution in [0.4, 0.5) is 0 Å². The molecule has 0 radical (unpaired) electrons. The maximum Gasteiger partial charge on any atom is 0.261 e. The number of para-hydroxylation sites is 2. The van der Waals surface area contributed by atoms with Crippen molar-refractivity contribution in [2.24, 2.45) is 5.92 Å². The minimum Gasteiger partial charge on any atom is -0.493 e. The van der Waals surface area contributed by atoms with Crippen LogP contribution in [-0.4, -0.2) is 25.7 Å². The van der Waals surface area contributed by atoms with Gasteiger partial charge in [0.05, 0.1) is 7.11 Å². The van der Waals surface area contributed by atoms with Crippen molar-refractivity contribution in [3.8, 4) is 11.5 Å². The summed E-state index contributed by atoms with van der Waals surface area (Å²) in [5.74, 6) is 1.57. The molecule has 106 valence electrons. The van der Waals surface area contributed by atoms with Crippen LogP contribution >= 0.6 is 0 Å². The highest BCUT2D eigenvalue weighted by Crippen LogP contribution is 2.27. The molecule has 1 atom stereocenters. The molecule has 0 saturated carbocycles. The standard InChI is InChI=1S/C15H23NO3/c1-5-12(15(17)16-10-11(2)3)19-14-9-7-6-8-13(14)18-4/h6-9,11-12H,5,10H2,1-4H3,(H,16,17)/t12-/m1/s1. The number of benzene rings is 1. The molecule has 0 heterocycles. The Morgan fingerprint density at radius 3 is 2.42 bits per heavy atom. The van der Waals surface area contributed by atoms with E-state index in [2.05, 4.69) is 19.2 Å². The van der Waals surface area contributed by atoms with Crippen molar-refractivity contribution in [1.82, 2.24) is 5.32 Å². The molecule has 19 heavy (non-hydrogen) atoms. The lowest BCUT2D eigenvalue weighted by Crippen LogP contribution is -2.39. The first-order valence-corrected chi connectivity index (χ1v) is 6.65. The van der Waals surface area contributed by atoms with Gasteiger partial charge in [0.2, 0.25) is 0 Å². The van der Waals surface area contributed by atoms with Gasteiger partial charge in [0.15, 0.2) is 17.6 Å². The molecular weight excluding hydrogens is 242 g/mol. The van der Waals surface area contributed by atoms with E-state index in [1.54, 1.807) is 13.2 Å². The zero-order valence-electron chi connectivity index (χ0n) is 12.1. The summed E-state index contributed by atoms with van der Waals surface area (Å²) in [5, 5.41) is 2.89. The molecule has 4 nitrogen and oxygen atoms in total. The van der Waals surface area contributed by atoms with E-state index in [9.17, 15) is 4.79 Å². The minimum absolute atomic E-state index is 0.0814. The van der Waals surface area contributed by atoms with Crippen molar-refractivity contribution >= 4 is 5.91 Å². The van der Waals surface area contributed by atoms with Gasteiger partial charge in [-0.05, 0) is 24.5 Å². The predicted molar refractivity (Wildman–Crippen MR) is 75.5 cm³/mol. The molecular formula is C15H23NO3. The summed E-state index contributed by atoms with van der Waals surface area (Å²) < 4.78 is 11.0. The summed E-state index contributed by atoms with van der Waals surface area (Å²) >= 11 is 0. The van der Waals surface area contributed by atoms with E-state index < -0.39 is 6.10 Å². The topological polar surface area (TPSA) is 47.6 Å². The van der Waals surface area contributed by atoms with Crippen molar-refractivity contribution in [3.05, 3.63) is 24.3 Å². The summed E-state index contributed by atoms with van der Waals surface area (Å²) in [5.41, 5.74) is 0. The Morgan fingerprint density at radius 2 is 1.89 bits per heavy atom. The highest BCUT2D eigenvalue weighted by Gasteiger charge is 2.19. The van der Waals surface area contributed by atoms with Crippen LogP contribution in [0.1, 0.15) is 27.2 Å². The SMILES string of the molecule is CC[C@@H](Oc1ccccc1OC)C(=O)NCC(C)C. The lowest BCUT2D eigenvalue weighted by Gasteiger charge is -2.19. The fourth-order valence-corrected chi connectivity index (χ4v) is 1.61. The average molecular weight is 265 g/mol. The molecule has 1 rings (SSSR count). The Labute approximate surface area is 115 Å². The summed E-state index contributed by atoms with van der Waals surface area (Å²) in [6.07, 6.45) is 0.122. The number of amides is 1. The monoisotopic (exact) mass is 265 g/mol. The Hall–Kier alpha value is -1.71. The van der Waals surface area contributed by atoms with E-state index in [1.807, 2.05) is 25.1 Å². The van der Waals surface area contributed by atoms with E-state index in [0.29, 0.717) is 30.4 Å². The number of hydrogen-bond acceptors (Lipinski definition) is 3. The van der Waals surface area contributed by atoms with Gasteiger partial charge >= 0.3 is 0 Å². The lowest BCUT2D eigenvalue weighted by atomic mass is 10.2. The molecule has 1 aromatic carbocycles. The second kappa shape index (κ2) is 7.67. The van der Waals surface area contributed by atoms with Gasteiger partial charge in [-0.1, -0.05) is 32.9 Å². The molecule has 0 fully saturated rings. The van der Waals surface area contributed by atoms with Crippen LogP contribution in [-0.2, 0) is 4.79 Å². The summed E-state index contributed by atoms with van der Waals surface area (Å²) in [7, 11) is 1.59. The van der Waals surface area contributed by atoms with Gasteiger partial charge < -0.3 is 14.8 Å². The van der Waals surface area contributed by atoms with Crippen molar-refractivity contribution in [2.75, 3.05) is 13.7 Å². The van der Waals surface area contributed by atoms with Crippen LogP contribution in [0.5, 0.6) is 11.5 Å². The van der Waals surface area contributed by atoms with Gasteiger partial charge in [0, 0.05) is 6.54 Å². The average Bonchev–Trinajstić information content (AvgIpc) is 2.42. The van der Waals surface area contributed by atoms with Crippen LogP contribution in [0, 0.1) is 5.92 Å². The summed E-state index contributed by atoms with van der Waals surface area (Å²) in [4.78, 5) is 12.0. The van der Waals surface area contributed by atoms with E-state index in [1.165, 1.54) is 0 Å². The van der Waals surface area contributed by atoms with Gasteiger partial charge in [-0.15, -0.1) is 0 Å². The number of methoxy groups -OCH3 is 1. The normalized spacial score (nSPS) is 12.1. The second-order valence-corrected chi connectivity index (χ2v) is 4.80. The summed E-state index contributed by atoms with van der Waals surface area (Å²) in [6, 6.07) is 7.34. The Balaban J connectivity index is 2.68. The quantitative estimate of drug-likeness (QED) is 0.824. The Morgan fingerprint density at radius 1 is 1.26 bits per heavy atom. The second-order valence-electron chi connectivity index (χ2n) is 4.80. The first-order chi connectivity index (χ1) is 9.08. The number of nitrogens with one attached hydrogen (secondary N) is 1. The zero-order chi connectivity index (χ0) is 14.3. The third-order valence-electron chi connectivity index (χ3n) is 2.69. The van der Waals surface area contributed by atoms with Crippen molar-refractivity contribution < 1.29 is 14.3 Å². The number of carbonyl (C=O) groups is 1. The number of carbonyl (C=O) groups excluding carboxylic acids is 1. The van der Waals surface area contributed by atoms with Crippen molar-refractivity contribution in [3.63, 3.8) is 0 Å². The highest BCUT2D eigenvalue weighted by molar-refractivity contribution is 5.81. The Kier molecular flexibility index (Phi) is 6.19. The van der Waals surface area contributed by atoms with Crippen LogP contribution in [0.2, 0.25) is 0 Å². The van der Waals surface area contributed by atoms with Gasteiger partial charge in [-0.25, -0.2) is 0 Å². The van der Waals surface area contributed by atoms with E-state index in [-0.39, 0.29) is 5.91 Å². The minimum atomic E-state index is -0.491. The van der Waals surface area contributed by atoms with Crippen molar-refractivity contribution in [2.45, 2.75) is 33.3 Å². The van der Waals surface area contributed by atoms with E-state index in [4.69, 9.17) is 9.47 Å². The maximum atomic E-state index is 12.0. The van der Waals surface area contributed by atoms with Gasteiger partial charge in [0.25, 0.3) is 5.91 Å². The third-order valence-corrected chi connectivity index (χ3v) is 2.69. The molecule has 0 aliphatic carbocycles. The number of rotatable bonds is 7. The molecule has 1 N–H and O–H groups in total. The highest BCUT2D eigenvalue weighted by atomic mass is 16.5. The molecule has 0 spiro atoms. The fourth-order valence-electron chi connectivity index (χ4n) is 1.61. The van der Waals surface area contributed by atoms with Crippen molar-refractivity contribution in [1.29, 1.82) is 0 Å². The molecule has 4 heteroatoms. The molecule has 0 bridgehead atoms. The molecule has 0 saturated heterocycles. The molecule has 0 aliphatic heterocycles. The molecule has 0 unspecified atom stereocenters. The number of hydrogen-bond donors (Lipinski definition) is 1. The first kappa shape index (κ1) is 15.3. The maximum absolute atomic E-state index is 12.0. The predicted octanol–water partition coefficient (Wildman–Crippen LogP) is 2.62. The molecule has 1 amide bonds. The molecule has 1 aromatic rings. The van der Waals surface area contributed by atoms with Gasteiger partial charge in [0.1, 0.15) is 0 Å². The van der Waals surface area contributed by atoms with Gasteiger partial charge in [-0.3, -0.25) is 4.79 Å².